The van der Waals surface area contributed by atoms with Crippen molar-refractivity contribution >= 4 is 5.57 Å². The first-order valence-corrected chi connectivity index (χ1v) is 11.5. The molecular formula is C31H26N2O2. The zero-order valence-corrected chi connectivity index (χ0v) is 19.9. The molecule has 0 radical (unpaired) electrons. The van der Waals surface area contributed by atoms with E-state index in [-0.39, 0.29) is 0 Å². The highest BCUT2D eigenvalue weighted by Gasteiger charge is 2.21. The van der Waals surface area contributed by atoms with Gasteiger partial charge in [0.1, 0.15) is 11.5 Å². The molecule has 0 N–H and O–H groups in total. The summed E-state index contributed by atoms with van der Waals surface area (Å²) in [5.74, 6) is 1.59. The molecule has 1 aromatic heterocycles. The molecule has 4 heteroatoms. The Hall–Kier alpha value is -4.44. The topological polar surface area (TPSA) is 44.2 Å². The number of fused-ring (bicyclic) bond motifs is 3. The summed E-state index contributed by atoms with van der Waals surface area (Å²) in [6, 6.07) is 24.2. The first-order chi connectivity index (χ1) is 17.2. The SMILES string of the molecule is C=C1/C=C\C=C/Cc2ccccc2-c2nc(-c3ccc(OC)cc3)c(-c3ccc(OC)cc3)nc21. The highest BCUT2D eigenvalue weighted by Crippen LogP contribution is 2.37. The second-order valence-corrected chi connectivity index (χ2v) is 8.25. The van der Waals surface area contributed by atoms with Crippen molar-refractivity contribution in [3.05, 3.63) is 115 Å². The van der Waals surface area contributed by atoms with E-state index in [1.54, 1.807) is 14.2 Å². The van der Waals surface area contributed by atoms with Gasteiger partial charge in [-0.05, 0) is 66.1 Å². The molecule has 0 bridgehead atoms. The largest absolute Gasteiger partial charge is 0.497 e. The Balaban J connectivity index is 1.81. The number of aromatic nitrogens is 2. The fraction of sp³-hybridized carbons (Fsp3) is 0.0968. The van der Waals surface area contributed by atoms with Crippen molar-refractivity contribution < 1.29 is 9.47 Å². The molecule has 0 saturated carbocycles. The predicted molar refractivity (Wildman–Crippen MR) is 142 cm³/mol. The Morgan fingerprint density at radius 2 is 1.23 bits per heavy atom. The van der Waals surface area contributed by atoms with Crippen LogP contribution in [0.15, 0.2) is 104 Å². The van der Waals surface area contributed by atoms with E-state index in [4.69, 9.17) is 19.4 Å². The van der Waals surface area contributed by atoms with Gasteiger partial charge in [-0.3, -0.25) is 0 Å². The van der Waals surface area contributed by atoms with Crippen LogP contribution in [0.5, 0.6) is 11.5 Å². The van der Waals surface area contributed by atoms with Gasteiger partial charge in [0, 0.05) is 16.7 Å². The zero-order chi connectivity index (χ0) is 24.2. The predicted octanol–water partition coefficient (Wildman–Crippen LogP) is 7.18. The molecule has 172 valence electrons. The van der Waals surface area contributed by atoms with Crippen LogP contribution >= 0.6 is 0 Å². The lowest BCUT2D eigenvalue weighted by Crippen LogP contribution is -2.04. The number of rotatable bonds is 4. The number of allylic oxidation sites excluding steroid dienone is 5. The molecular weight excluding hydrogens is 432 g/mol. The van der Waals surface area contributed by atoms with Crippen LogP contribution in [0.4, 0.5) is 0 Å². The van der Waals surface area contributed by atoms with Crippen molar-refractivity contribution in [2.45, 2.75) is 6.42 Å². The second kappa shape index (κ2) is 9.82. The second-order valence-electron chi connectivity index (χ2n) is 8.25. The van der Waals surface area contributed by atoms with E-state index in [0.717, 1.165) is 63.0 Å². The quantitative estimate of drug-likeness (QED) is 0.325. The Labute approximate surface area is 205 Å². The molecule has 1 heterocycles. The van der Waals surface area contributed by atoms with E-state index >= 15 is 0 Å². The normalized spacial score (nSPS) is 14.4. The molecule has 1 aliphatic rings. The smallest absolute Gasteiger partial charge is 0.118 e. The molecule has 3 aromatic carbocycles. The fourth-order valence-corrected chi connectivity index (χ4v) is 4.20. The van der Waals surface area contributed by atoms with Gasteiger partial charge in [0.25, 0.3) is 0 Å². The van der Waals surface area contributed by atoms with Crippen molar-refractivity contribution in [3.63, 3.8) is 0 Å². The molecule has 0 saturated heterocycles. The summed E-state index contributed by atoms with van der Waals surface area (Å²) in [5.41, 5.74) is 8.17. The van der Waals surface area contributed by atoms with Crippen LogP contribution in [-0.2, 0) is 6.42 Å². The lowest BCUT2D eigenvalue weighted by atomic mass is 9.95. The molecule has 1 aliphatic carbocycles. The maximum atomic E-state index is 5.38. The van der Waals surface area contributed by atoms with Crippen LogP contribution < -0.4 is 9.47 Å². The van der Waals surface area contributed by atoms with E-state index in [0.29, 0.717) is 0 Å². The van der Waals surface area contributed by atoms with Gasteiger partial charge in [-0.1, -0.05) is 55.1 Å². The Bertz CT molecular complexity index is 1430. The third-order valence-electron chi connectivity index (χ3n) is 6.08. The average molecular weight is 459 g/mol. The Morgan fingerprint density at radius 3 is 1.83 bits per heavy atom. The van der Waals surface area contributed by atoms with Gasteiger partial charge in [0.05, 0.1) is 37.0 Å². The monoisotopic (exact) mass is 458 g/mol. The number of benzene rings is 3. The Kier molecular flexibility index (Phi) is 6.27. The van der Waals surface area contributed by atoms with Crippen LogP contribution in [0.25, 0.3) is 39.3 Å². The van der Waals surface area contributed by atoms with Crippen molar-refractivity contribution in [1.29, 1.82) is 0 Å². The van der Waals surface area contributed by atoms with Crippen LogP contribution in [0.1, 0.15) is 11.3 Å². The summed E-state index contributed by atoms with van der Waals surface area (Å²) in [6.45, 7) is 4.33. The summed E-state index contributed by atoms with van der Waals surface area (Å²) in [4.78, 5) is 10.5. The highest BCUT2D eigenvalue weighted by molar-refractivity contribution is 5.87. The lowest BCUT2D eigenvalue weighted by Gasteiger charge is -2.18. The van der Waals surface area contributed by atoms with Gasteiger partial charge in [-0.25, -0.2) is 9.97 Å². The number of methoxy groups -OCH3 is 2. The third-order valence-corrected chi connectivity index (χ3v) is 6.08. The molecule has 5 rings (SSSR count). The molecule has 4 nitrogen and oxygen atoms in total. The number of hydrogen-bond donors (Lipinski definition) is 0. The van der Waals surface area contributed by atoms with Gasteiger partial charge in [0.2, 0.25) is 0 Å². The van der Waals surface area contributed by atoms with Crippen LogP contribution in [-0.4, -0.2) is 24.2 Å². The van der Waals surface area contributed by atoms with Crippen molar-refractivity contribution in [1.82, 2.24) is 9.97 Å². The van der Waals surface area contributed by atoms with E-state index < -0.39 is 0 Å². The van der Waals surface area contributed by atoms with Gasteiger partial charge in [-0.15, -0.1) is 0 Å². The summed E-state index contributed by atoms with van der Waals surface area (Å²) in [6.07, 6.45) is 9.01. The highest BCUT2D eigenvalue weighted by atomic mass is 16.5. The fourth-order valence-electron chi connectivity index (χ4n) is 4.20. The lowest BCUT2D eigenvalue weighted by molar-refractivity contribution is 0.414. The number of nitrogens with zero attached hydrogens (tertiary/aromatic N) is 2. The maximum absolute atomic E-state index is 5.38. The van der Waals surface area contributed by atoms with E-state index in [1.807, 2.05) is 66.7 Å². The minimum Gasteiger partial charge on any atom is -0.497 e. The minimum absolute atomic E-state index is 0.770. The van der Waals surface area contributed by atoms with Gasteiger partial charge in [0.15, 0.2) is 0 Å². The van der Waals surface area contributed by atoms with Gasteiger partial charge < -0.3 is 9.47 Å². The summed E-state index contributed by atoms with van der Waals surface area (Å²) in [5, 5.41) is 0. The van der Waals surface area contributed by atoms with Crippen LogP contribution in [0.3, 0.4) is 0 Å². The number of ether oxygens (including phenoxy) is 2. The maximum Gasteiger partial charge on any atom is 0.118 e. The van der Waals surface area contributed by atoms with Crippen molar-refractivity contribution in [2.75, 3.05) is 14.2 Å². The molecule has 0 fully saturated rings. The molecule has 0 unspecified atom stereocenters. The molecule has 4 aromatic rings. The standard InChI is InChI=1S/C31H26N2O2/c1-21-9-5-4-6-10-22-11-7-8-12-27(22)31-28(21)32-29(23-13-17-25(34-2)18-14-23)30(33-31)24-15-19-26(35-3)20-16-24/h4-9,11-20H,1,10H2,2-3H3/b6-4-,9-5-. The number of hydrogen-bond acceptors (Lipinski definition) is 4. The minimum atomic E-state index is 0.770. The average Bonchev–Trinajstić information content (AvgIpc) is 2.92. The molecule has 0 atom stereocenters. The third kappa shape index (κ3) is 4.51. The molecule has 0 aliphatic heterocycles. The van der Waals surface area contributed by atoms with Gasteiger partial charge >= 0.3 is 0 Å². The van der Waals surface area contributed by atoms with E-state index in [9.17, 15) is 0 Å². The van der Waals surface area contributed by atoms with Gasteiger partial charge in [-0.2, -0.15) is 0 Å². The molecule has 0 amide bonds. The summed E-state index contributed by atoms with van der Waals surface area (Å²) >= 11 is 0. The first kappa shape index (κ1) is 22.4. The van der Waals surface area contributed by atoms with Crippen molar-refractivity contribution in [3.8, 4) is 45.3 Å². The zero-order valence-electron chi connectivity index (χ0n) is 19.9. The Morgan fingerprint density at radius 1 is 0.657 bits per heavy atom. The van der Waals surface area contributed by atoms with Crippen molar-refractivity contribution in [2.24, 2.45) is 0 Å². The van der Waals surface area contributed by atoms with Crippen LogP contribution in [0, 0.1) is 0 Å². The summed E-state index contributed by atoms with van der Waals surface area (Å²) in [7, 11) is 3.33. The summed E-state index contributed by atoms with van der Waals surface area (Å²) < 4.78 is 10.7. The molecule has 0 spiro atoms. The van der Waals surface area contributed by atoms with E-state index in [2.05, 4.69) is 36.9 Å². The first-order valence-electron chi connectivity index (χ1n) is 11.5. The van der Waals surface area contributed by atoms with Crippen LogP contribution in [0.2, 0.25) is 0 Å². The van der Waals surface area contributed by atoms with E-state index in [1.165, 1.54) is 5.56 Å². The molecule has 35 heavy (non-hydrogen) atoms.